The molecule has 0 radical (unpaired) electrons. The number of aliphatic carboxylic acids is 1. The maximum atomic E-state index is 12.7. The third-order valence-electron chi connectivity index (χ3n) is 5.60. The lowest BCUT2D eigenvalue weighted by Gasteiger charge is -2.42. The fourth-order valence-electron chi connectivity index (χ4n) is 4.06. The van der Waals surface area contributed by atoms with Crippen LogP contribution >= 0.6 is 0 Å². The van der Waals surface area contributed by atoms with Crippen molar-refractivity contribution in [1.82, 2.24) is 4.90 Å². The van der Waals surface area contributed by atoms with Crippen LogP contribution in [-0.2, 0) is 14.3 Å². The van der Waals surface area contributed by atoms with Crippen molar-refractivity contribution in [3.8, 4) is 11.1 Å². The molecule has 1 amide bonds. The first-order valence-electron chi connectivity index (χ1n) is 9.53. The Bertz CT molecular complexity index is 872. The van der Waals surface area contributed by atoms with Crippen molar-refractivity contribution >= 4 is 12.1 Å². The number of carbonyl (C=O) groups is 2. The summed E-state index contributed by atoms with van der Waals surface area (Å²) in [6, 6.07) is 16.0. The van der Waals surface area contributed by atoms with Gasteiger partial charge in [0.05, 0.1) is 25.2 Å². The molecule has 7 heteroatoms. The number of aliphatic hydroxyl groups is 1. The van der Waals surface area contributed by atoms with Crippen LogP contribution in [0.15, 0.2) is 48.5 Å². The number of amides is 1. The Hall–Kier alpha value is -2.90. The first kappa shape index (κ1) is 19.4. The summed E-state index contributed by atoms with van der Waals surface area (Å²) in [7, 11) is 0. The highest BCUT2D eigenvalue weighted by molar-refractivity contribution is 5.79. The molecule has 0 spiro atoms. The Morgan fingerprint density at radius 2 is 1.66 bits per heavy atom. The molecule has 29 heavy (non-hydrogen) atoms. The maximum Gasteiger partial charge on any atom is 0.410 e. The monoisotopic (exact) mass is 397 g/mol. The number of carboxylic acids is 1. The Kier molecular flexibility index (Phi) is 5.25. The van der Waals surface area contributed by atoms with Crippen LogP contribution in [-0.4, -0.2) is 66.7 Å². The topological polar surface area (TPSA) is 96.3 Å². The van der Waals surface area contributed by atoms with E-state index >= 15 is 0 Å². The summed E-state index contributed by atoms with van der Waals surface area (Å²) in [4.78, 5) is 25.1. The lowest BCUT2D eigenvalue weighted by molar-refractivity contribution is -0.152. The first-order valence-corrected chi connectivity index (χ1v) is 9.53. The van der Waals surface area contributed by atoms with Crippen molar-refractivity contribution in [3.63, 3.8) is 0 Å². The zero-order chi connectivity index (χ0) is 20.4. The van der Waals surface area contributed by atoms with Crippen LogP contribution in [0.2, 0.25) is 0 Å². The second-order valence-electron chi connectivity index (χ2n) is 7.70. The average Bonchev–Trinajstić information content (AvgIpc) is 3.01. The average molecular weight is 397 g/mol. The molecule has 0 aromatic heterocycles. The van der Waals surface area contributed by atoms with Crippen molar-refractivity contribution in [3.05, 3.63) is 59.7 Å². The van der Waals surface area contributed by atoms with Gasteiger partial charge >= 0.3 is 12.1 Å². The Balaban J connectivity index is 1.50. The smallest absolute Gasteiger partial charge is 0.410 e. The van der Waals surface area contributed by atoms with E-state index in [0.717, 1.165) is 27.2 Å². The van der Waals surface area contributed by atoms with Gasteiger partial charge in [0.15, 0.2) is 0 Å². The fourth-order valence-corrected chi connectivity index (χ4v) is 4.06. The second-order valence-corrected chi connectivity index (χ2v) is 7.70. The van der Waals surface area contributed by atoms with E-state index in [1.165, 1.54) is 0 Å². The summed E-state index contributed by atoms with van der Waals surface area (Å²) in [5.74, 6) is -1.23. The number of nitrogens with zero attached hydrogens (tertiary/aromatic N) is 1. The van der Waals surface area contributed by atoms with Crippen LogP contribution in [0.25, 0.3) is 11.1 Å². The van der Waals surface area contributed by atoms with Crippen molar-refractivity contribution in [1.29, 1.82) is 0 Å². The van der Waals surface area contributed by atoms with Crippen molar-refractivity contribution in [2.75, 3.05) is 39.5 Å². The third-order valence-corrected chi connectivity index (χ3v) is 5.60. The Morgan fingerprint density at radius 1 is 1.07 bits per heavy atom. The summed E-state index contributed by atoms with van der Waals surface area (Å²) in [6.45, 7) is 0.100. The molecule has 4 rings (SSSR count). The normalized spacial score (nSPS) is 16.4. The highest BCUT2D eigenvalue weighted by Gasteiger charge is 2.42. The lowest BCUT2D eigenvalue weighted by Crippen LogP contribution is -2.55. The zero-order valence-electron chi connectivity index (χ0n) is 15.9. The molecule has 2 aliphatic rings. The molecule has 0 atom stereocenters. The largest absolute Gasteiger partial charge is 0.480 e. The molecule has 7 nitrogen and oxygen atoms in total. The molecular formula is C22H23NO6. The molecule has 0 unspecified atom stereocenters. The minimum atomic E-state index is -1.13. The van der Waals surface area contributed by atoms with Crippen molar-refractivity contribution in [2.45, 2.75) is 5.92 Å². The number of ether oxygens (including phenoxy) is 2. The van der Waals surface area contributed by atoms with Gasteiger partial charge < -0.3 is 19.7 Å². The van der Waals surface area contributed by atoms with Gasteiger partial charge in [-0.05, 0) is 22.3 Å². The number of fused-ring (bicyclic) bond motifs is 3. The summed E-state index contributed by atoms with van der Waals surface area (Å²) in [5.41, 5.74) is 3.80. The van der Waals surface area contributed by atoms with E-state index in [0.29, 0.717) is 0 Å². The number of rotatable bonds is 7. The van der Waals surface area contributed by atoms with Crippen LogP contribution in [0.4, 0.5) is 4.79 Å². The number of carboxylic acid groups (broad SMARTS) is 1. The number of aliphatic hydroxyl groups excluding tert-OH is 1. The van der Waals surface area contributed by atoms with E-state index in [1.54, 1.807) is 0 Å². The van der Waals surface area contributed by atoms with E-state index in [4.69, 9.17) is 9.47 Å². The highest BCUT2D eigenvalue weighted by atomic mass is 16.6. The minimum Gasteiger partial charge on any atom is -0.480 e. The number of benzene rings is 2. The van der Waals surface area contributed by atoms with Gasteiger partial charge in [-0.15, -0.1) is 0 Å². The van der Waals surface area contributed by atoms with E-state index in [2.05, 4.69) is 0 Å². The first-order chi connectivity index (χ1) is 14.0. The molecular weight excluding hydrogens is 374 g/mol. The molecule has 0 bridgehead atoms. The quantitative estimate of drug-likeness (QED) is 0.744. The highest BCUT2D eigenvalue weighted by Crippen LogP contribution is 2.44. The van der Waals surface area contributed by atoms with Crippen LogP contribution in [0.1, 0.15) is 17.0 Å². The molecule has 2 N–H and O–H groups in total. The molecule has 1 aliphatic carbocycles. The van der Waals surface area contributed by atoms with Gasteiger partial charge in [-0.3, -0.25) is 9.69 Å². The molecule has 152 valence electrons. The number of hydrogen-bond donors (Lipinski definition) is 2. The minimum absolute atomic E-state index is 0.0759. The second kappa shape index (κ2) is 7.85. The van der Waals surface area contributed by atoms with Gasteiger partial charge in [0, 0.05) is 12.5 Å². The summed E-state index contributed by atoms with van der Waals surface area (Å²) < 4.78 is 10.7. The van der Waals surface area contributed by atoms with Gasteiger partial charge in [-0.25, -0.2) is 4.79 Å². The predicted molar refractivity (Wildman–Crippen MR) is 105 cm³/mol. The van der Waals surface area contributed by atoms with E-state index < -0.39 is 24.0 Å². The standard InChI is InChI=1S/C22H23NO6/c24-12-22(13-28-14-22)11-23(9-20(25)26)21(27)29-10-19-17-7-3-1-5-15(17)16-6-2-4-8-18(16)19/h1-8,19,24H,9-14H2,(H,25,26). The molecule has 0 saturated carbocycles. The van der Waals surface area contributed by atoms with Crippen molar-refractivity contribution < 1.29 is 29.3 Å². The Morgan fingerprint density at radius 3 is 2.14 bits per heavy atom. The van der Waals surface area contributed by atoms with E-state index in [1.807, 2.05) is 48.5 Å². The van der Waals surface area contributed by atoms with Crippen LogP contribution < -0.4 is 0 Å². The van der Waals surface area contributed by atoms with E-state index in [9.17, 15) is 19.8 Å². The van der Waals surface area contributed by atoms with E-state index in [-0.39, 0.29) is 38.9 Å². The summed E-state index contributed by atoms with van der Waals surface area (Å²) in [5, 5.41) is 18.8. The molecule has 2 aromatic carbocycles. The lowest BCUT2D eigenvalue weighted by atomic mass is 9.86. The maximum absolute atomic E-state index is 12.7. The number of hydrogen-bond acceptors (Lipinski definition) is 5. The van der Waals surface area contributed by atoms with Crippen LogP contribution in [0.5, 0.6) is 0 Å². The third kappa shape index (κ3) is 3.71. The Labute approximate surface area is 168 Å². The predicted octanol–water partition coefficient (Wildman–Crippen LogP) is 2.33. The molecule has 1 saturated heterocycles. The molecule has 2 aromatic rings. The summed E-state index contributed by atoms with van der Waals surface area (Å²) >= 11 is 0. The SMILES string of the molecule is O=C(O)CN(CC1(CO)COC1)C(=O)OCC1c2ccccc2-c2ccccc21. The van der Waals surface area contributed by atoms with Gasteiger partial charge in [0.2, 0.25) is 0 Å². The van der Waals surface area contributed by atoms with Gasteiger partial charge in [0.1, 0.15) is 13.2 Å². The molecule has 1 fully saturated rings. The van der Waals surface area contributed by atoms with Gasteiger partial charge in [0.25, 0.3) is 0 Å². The summed E-state index contributed by atoms with van der Waals surface area (Å²) in [6.07, 6.45) is -0.700. The van der Waals surface area contributed by atoms with Gasteiger partial charge in [-0.2, -0.15) is 0 Å². The molecule has 1 heterocycles. The van der Waals surface area contributed by atoms with Crippen molar-refractivity contribution in [2.24, 2.45) is 5.41 Å². The van der Waals surface area contributed by atoms with Gasteiger partial charge in [-0.1, -0.05) is 48.5 Å². The number of carbonyl (C=O) groups excluding carboxylic acids is 1. The van der Waals surface area contributed by atoms with Crippen LogP contribution in [0, 0.1) is 5.41 Å². The molecule has 1 aliphatic heterocycles. The van der Waals surface area contributed by atoms with Crippen LogP contribution in [0.3, 0.4) is 0 Å². The zero-order valence-corrected chi connectivity index (χ0v) is 15.9. The fraction of sp³-hybridized carbons (Fsp3) is 0.364.